The van der Waals surface area contributed by atoms with Crippen LogP contribution in [0.5, 0.6) is 0 Å². The molecule has 0 aliphatic carbocycles. The van der Waals surface area contributed by atoms with Crippen molar-refractivity contribution in [2.45, 2.75) is 11.8 Å². The van der Waals surface area contributed by atoms with Crippen molar-refractivity contribution in [3.63, 3.8) is 0 Å². The molecule has 0 unspecified atom stereocenters. The molecule has 1 aliphatic heterocycles. The second-order valence-electron chi connectivity index (χ2n) is 4.65. The molecule has 6 nitrogen and oxygen atoms in total. The third-order valence-electron chi connectivity index (χ3n) is 3.26. The zero-order valence-corrected chi connectivity index (χ0v) is 11.8. The number of amides is 1. The van der Waals surface area contributed by atoms with E-state index in [-0.39, 0.29) is 23.0 Å². The second kappa shape index (κ2) is 4.82. The summed E-state index contributed by atoms with van der Waals surface area (Å²) in [5.41, 5.74) is 6.58. The number of piperazine rings is 1. The molecule has 1 saturated heterocycles. The molecule has 7 heteroatoms. The third-order valence-corrected chi connectivity index (χ3v) is 5.33. The molecule has 1 fully saturated rings. The van der Waals surface area contributed by atoms with Crippen LogP contribution >= 0.6 is 0 Å². The highest BCUT2D eigenvalue weighted by atomic mass is 32.2. The quantitative estimate of drug-likeness (QED) is 0.777. The van der Waals surface area contributed by atoms with Crippen molar-refractivity contribution in [3.8, 4) is 0 Å². The molecule has 0 saturated carbocycles. The molecule has 1 amide bonds. The summed E-state index contributed by atoms with van der Waals surface area (Å²) in [5.74, 6) is -0.206. The molecule has 1 aliphatic rings. The van der Waals surface area contributed by atoms with E-state index in [9.17, 15) is 13.2 Å². The molecule has 2 N–H and O–H groups in total. The minimum absolute atomic E-state index is 0.104. The van der Waals surface area contributed by atoms with E-state index < -0.39 is 10.0 Å². The molecule has 0 radical (unpaired) electrons. The summed E-state index contributed by atoms with van der Waals surface area (Å²) in [6.45, 7) is 2.25. The van der Waals surface area contributed by atoms with Gasteiger partial charge in [0.15, 0.2) is 0 Å². The molecular weight excluding hydrogens is 266 g/mol. The van der Waals surface area contributed by atoms with E-state index in [4.69, 9.17) is 5.73 Å². The maximum absolute atomic E-state index is 12.6. The molecule has 0 spiro atoms. The zero-order valence-electron chi connectivity index (χ0n) is 11.0. The average molecular weight is 283 g/mol. The number of nitrogen functional groups attached to an aromatic ring is 1. The summed E-state index contributed by atoms with van der Waals surface area (Å²) in [4.78, 5) is 13.3. The summed E-state index contributed by atoms with van der Waals surface area (Å²) in [6.07, 6.45) is 0. The van der Waals surface area contributed by atoms with Crippen LogP contribution in [0.25, 0.3) is 0 Å². The third kappa shape index (κ3) is 2.43. The van der Waals surface area contributed by atoms with Crippen molar-refractivity contribution in [3.05, 3.63) is 23.8 Å². The fraction of sp³-hybridized carbons (Fsp3) is 0.417. The number of rotatable bonds is 2. The van der Waals surface area contributed by atoms with Gasteiger partial charge in [0.05, 0.1) is 12.2 Å². The molecule has 1 heterocycles. The van der Waals surface area contributed by atoms with Gasteiger partial charge >= 0.3 is 0 Å². The standard InChI is InChI=1S/C12H17N3O3S/c1-9-4-3-5-10(13)12(9)19(17,18)15-7-6-14(2)11(16)8-15/h3-5H,6-8,13H2,1-2H3. The van der Waals surface area contributed by atoms with Gasteiger partial charge in [-0.15, -0.1) is 0 Å². The van der Waals surface area contributed by atoms with Gasteiger partial charge in [-0.1, -0.05) is 12.1 Å². The summed E-state index contributed by atoms with van der Waals surface area (Å²) in [6, 6.07) is 4.96. The van der Waals surface area contributed by atoms with Gasteiger partial charge in [0.2, 0.25) is 15.9 Å². The molecule has 19 heavy (non-hydrogen) atoms. The number of hydrogen-bond donors (Lipinski definition) is 1. The Morgan fingerprint density at radius 3 is 2.53 bits per heavy atom. The smallest absolute Gasteiger partial charge is 0.245 e. The number of anilines is 1. The second-order valence-corrected chi connectivity index (χ2v) is 6.52. The molecular formula is C12H17N3O3S. The van der Waals surface area contributed by atoms with Crippen molar-refractivity contribution in [2.75, 3.05) is 32.4 Å². The Balaban J connectivity index is 2.41. The fourth-order valence-corrected chi connectivity index (χ4v) is 3.80. The number of nitrogens with two attached hydrogens (primary N) is 1. The first-order chi connectivity index (χ1) is 8.84. The first-order valence-electron chi connectivity index (χ1n) is 5.93. The Kier molecular flexibility index (Phi) is 3.51. The van der Waals surface area contributed by atoms with Crippen LogP contribution < -0.4 is 5.73 Å². The summed E-state index contributed by atoms with van der Waals surface area (Å²) in [7, 11) is -2.06. The summed E-state index contributed by atoms with van der Waals surface area (Å²) >= 11 is 0. The number of sulfonamides is 1. The average Bonchev–Trinajstić information content (AvgIpc) is 2.32. The Bertz CT molecular complexity index is 592. The van der Waals surface area contributed by atoms with Crippen LogP contribution in [0.2, 0.25) is 0 Å². The Hall–Kier alpha value is -1.60. The van der Waals surface area contributed by atoms with E-state index in [2.05, 4.69) is 0 Å². The van der Waals surface area contributed by atoms with Gasteiger partial charge in [-0.3, -0.25) is 4.79 Å². The number of hydrogen-bond acceptors (Lipinski definition) is 4. The van der Waals surface area contributed by atoms with Gasteiger partial charge in [0.25, 0.3) is 0 Å². The monoisotopic (exact) mass is 283 g/mol. The molecule has 0 bridgehead atoms. The van der Waals surface area contributed by atoms with Gasteiger partial charge in [-0.2, -0.15) is 4.31 Å². The van der Waals surface area contributed by atoms with Gasteiger partial charge < -0.3 is 10.6 Å². The lowest BCUT2D eigenvalue weighted by Crippen LogP contribution is -2.50. The lowest BCUT2D eigenvalue weighted by Gasteiger charge is -2.31. The highest BCUT2D eigenvalue weighted by Crippen LogP contribution is 2.26. The van der Waals surface area contributed by atoms with Crippen LogP contribution in [0.3, 0.4) is 0 Å². The highest BCUT2D eigenvalue weighted by molar-refractivity contribution is 7.89. The van der Waals surface area contributed by atoms with Crippen LogP contribution in [0.1, 0.15) is 5.56 Å². The first-order valence-corrected chi connectivity index (χ1v) is 7.37. The van der Waals surface area contributed by atoms with E-state index in [1.807, 2.05) is 0 Å². The van der Waals surface area contributed by atoms with Gasteiger partial charge in [0.1, 0.15) is 4.90 Å². The van der Waals surface area contributed by atoms with Crippen LogP contribution in [-0.4, -0.2) is 50.2 Å². The predicted molar refractivity (Wildman–Crippen MR) is 72.0 cm³/mol. The van der Waals surface area contributed by atoms with Crippen LogP contribution in [0.4, 0.5) is 5.69 Å². The molecule has 1 aromatic rings. The van der Waals surface area contributed by atoms with Crippen LogP contribution in [0.15, 0.2) is 23.1 Å². The number of nitrogens with zero attached hydrogens (tertiary/aromatic N) is 2. The van der Waals surface area contributed by atoms with Crippen LogP contribution in [-0.2, 0) is 14.8 Å². The number of likely N-dealkylation sites (N-methyl/N-ethyl adjacent to an activating group) is 1. The van der Waals surface area contributed by atoms with Crippen molar-refractivity contribution < 1.29 is 13.2 Å². The molecule has 0 aromatic heterocycles. The molecule has 1 aromatic carbocycles. The van der Waals surface area contributed by atoms with Crippen molar-refractivity contribution in [1.29, 1.82) is 0 Å². The minimum Gasteiger partial charge on any atom is -0.398 e. The first kappa shape index (κ1) is 13.8. The predicted octanol–water partition coefficient (Wildman–Crippen LogP) is 0.0399. The fourth-order valence-electron chi connectivity index (χ4n) is 2.10. The summed E-state index contributed by atoms with van der Waals surface area (Å²) in [5, 5.41) is 0. The van der Waals surface area contributed by atoms with Crippen molar-refractivity contribution >= 4 is 21.6 Å². The van der Waals surface area contributed by atoms with Crippen molar-refractivity contribution in [1.82, 2.24) is 9.21 Å². The van der Waals surface area contributed by atoms with E-state index in [1.165, 1.54) is 9.21 Å². The minimum atomic E-state index is -3.72. The number of carbonyl (C=O) groups excluding carboxylic acids is 1. The topological polar surface area (TPSA) is 83.7 Å². The number of benzene rings is 1. The summed E-state index contributed by atoms with van der Waals surface area (Å²) < 4.78 is 26.3. The zero-order chi connectivity index (χ0) is 14.2. The van der Waals surface area contributed by atoms with Gasteiger partial charge in [-0.25, -0.2) is 8.42 Å². The SMILES string of the molecule is Cc1cccc(N)c1S(=O)(=O)N1CCN(C)C(=O)C1. The normalized spacial score (nSPS) is 17.8. The Morgan fingerprint density at radius 2 is 1.95 bits per heavy atom. The lowest BCUT2D eigenvalue weighted by molar-refractivity contribution is -0.132. The lowest BCUT2D eigenvalue weighted by atomic mass is 10.2. The van der Waals surface area contributed by atoms with E-state index in [1.54, 1.807) is 32.2 Å². The van der Waals surface area contributed by atoms with E-state index >= 15 is 0 Å². The maximum Gasteiger partial charge on any atom is 0.245 e. The number of carbonyl (C=O) groups is 1. The molecule has 2 rings (SSSR count). The highest BCUT2D eigenvalue weighted by Gasteiger charge is 2.33. The number of aryl methyl sites for hydroxylation is 1. The van der Waals surface area contributed by atoms with E-state index in [0.29, 0.717) is 18.7 Å². The maximum atomic E-state index is 12.6. The van der Waals surface area contributed by atoms with Crippen molar-refractivity contribution in [2.24, 2.45) is 0 Å². The largest absolute Gasteiger partial charge is 0.398 e. The molecule has 0 atom stereocenters. The Morgan fingerprint density at radius 1 is 1.26 bits per heavy atom. The van der Waals surface area contributed by atoms with E-state index in [0.717, 1.165) is 0 Å². The Labute approximate surface area is 112 Å². The van der Waals surface area contributed by atoms with Gasteiger partial charge in [-0.05, 0) is 18.6 Å². The van der Waals surface area contributed by atoms with Gasteiger partial charge in [0, 0.05) is 20.1 Å². The molecule has 104 valence electrons. The van der Waals surface area contributed by atoms with Crippen LogP contribution in [0, 0.1) is 6.92 Å².